The smallest absolute Gasteiger partial charge is 0.408 e. The summed E-state index contributed by atoms with van der Waals surface area (Å²) in [6, 6.07) is 7.70. The zero-order valence-corrected chi connectivity index (χ0v) is 22.5. The standard InChI is InChI=1S/C27H45N3O4/c1-10-11-17-30(22(20-15-13-12-14-16-20)23(31)29-26(4,5)6)24(32)21(18-19(2)3)28-25(33)34-27(7,8)9/h12-16,19,21-22H,10-11,17-18H2,1-9H3,(H,28,33)(H,29,31). The number of amides is 3. The molecule has 0 aliphatic carbocycles. The summed E-state index contributed by atoms with van der Waals surface area (Å²) in [5.74, 6) is -0.384. The number of ether oxygens (including phenoxy) is 1. The molecule has 0 saturated carbocycles. The van der Waals surface area contributed by atoms with Gasteiger partial charge in [-0.05, 0) is 65.9 Å². The fraction of sp³-hybridized carbons (Fsp3) is 0.667. The summed E-state index contributed by atoms with van der Waals surface area (Å²) in [5, 5.41) is 5.81. The van der Waals surface area contributed by atoms with Crippen LogP contribution in [0, 0.1) is 5.92 Å². The van der Waals surface area contributed by atoms with Crippen molar-refractivity contribution in [2.45, 2.75) is 105 Å². The molecule has 7 nitrogen and oxygen atoms in total. The summed E-state index contributed by atoms with van der Waals surface area (Å²) in [6.07, 6.45) is 1.39. The van der Waals surface area contributed by atoms with E-state index in [1.165, 1.54) is 0 Å². The Morgan fingerprint density at radius 3 is 2.06 bits per heavy atom. The number of benzene rings is 1. The highest BCUT2D eigenvalue weighted by atomic mass is 16.6. The van der Waals surface area contributed by atoms with Crippen molar-refractivity contribution in [3.63, 3.8) is 0 Å². The normalized spacial score (nSPS) is 13.7. The van der Waals surface area contributed by atoms with Gasteiger partial charge in [-0.15, -0.1) is 0 Å². The van der Waals surface area contributed by atoms with Crippen LogP contribution in [-0.4, -0.2) is 46.5 Å². The minimum absolute atomic E-state index is 0.149. The average molecular weight is 476 g/mol. The Balaban J connectivity index is 3.42. The lowest BCUT2D eigenvalue weighted by atomic mass is 9.98. The maximum atomic E-state index is 13.9. The van der Waals surface area contributed by atoms with Crippen molar-refractivity contribution in [1.82, 2.24) is 15.5 Å². The highest BCUT2D eigenvalue weighted by Crippen LogP contribution is 2.25. The molecule has 1 aromatic carbocycles. The highest BCUT2D eigenvalue weighted by Gasteiger charge is 2.37. The number of rotatable bonds is 10. The highest BCUT2D eigenvalue weighted by molar-refractivity contribution is 5.92. The Kier molecular flexibility index (Phi) is 11.1. The molecule has 0 aromatic heterocycles. The van der Waals surface area contributed by atoms with Crippen molar-refractivity contribution in [2.24, 2.45) is 5.92 Å². The number of alkyl carbamates (subject to hydrolysis) is 1. The van der Waals surface area contributed by atoms with Crippen molar-refractivity contribution in [3.8, 4) is 0 Å². The zero-order chi connectivity index (χ0) is 26.1. The minimum Gasteiger partial charge on any atom is -0.444 e. The first-order valence-electron chi connectivity index (χ1n) is 12.3. The Labute approximate surface area is 206 Å². The van der Waals surface area contributed by atoms with Crippen LogP contribution >= 0.6 is 0 Å². The van der Waals surface area contributed by atoms with Crippen molar-refractivity contribution >= 4 is 17.9 Å². The van der Waals surface area contributed by atoms with Crippen LogP contribution in [0.4, 0.5) is 4.79 Å². The first-order valence-corrected chi connectivity index (χ1v) is 12.3. The van der Waals surface area contributed by atoms with Crippen LogP contribution in [0.1, 0.15) is 93.2 Å². The van der Waals surface area contributed by atoms with E-state index in [0.29, 0.717) is 13.0 Å². The number of unbranched alkanes of at least 4 members (excludes halogenated alkanes) is 1. The number of hydrogen-bond acceptors (Lipinski definition) is 4. The molecule has 192 valence electrons. The Bertz CT molecular complexity index is 794. The summed E-state index contributed by atoms with van der Waals surface area (Å²) < 4.78 is 5.42. The predicted molar refractivity (Wildman–Crippen MR) is 136 cm³/mol. The van der Waals surface area contributed by atoms with E-state index in [-0.39, 0.29) is 17.7 Å². The molecule has 0 fully saturated rings. The molecule has 0 heterocycles. The van der Waals surface area contributed by atoms with Gasteiger partial charge in [-0.3, -0.25) is 9.59 Å². The molecule has 1 rings (SSSR count). The topological polar surface area (TPSA) is 87.7 Å². The summed E-state index contributed by atoms with van der Waals surface area (Å²) in [4.78, 5) is 41.6. The quantitative estimate of drug-likeness (QED) is 0.486. The van der Waals surface area contributed by atoms with E-state index in [9.17, 15) is 14.4 Å². The second kappa shape index (κ2) is 12.8. The molecule has 0 aliphatic heterocycles. The van der Waals surface area contributed by atoms with E-state index in [1.54, 1.807) is 25.7 Å². The molecule has 0 radical (unpaired) electrons. The van der Waals surface area contributed by atoms with Gasteiger partial charge in [-0.25, -0.2) is 4.79 Å². The fourth-order valence-electron chi connectivity index (χ4n) is 3.58. The molecule has 0 spiro atoms. The van der Waals surface area contributed by atoms with Crippen LogP contribution in [0.2, 0.25) is 0 Å². The molecule has 0 aliphatic rings. The van der Waals surface area contributed by atoms with Crippen LogP contribution in [0.3, 0.4) is 0 Å². The second-order valence-electron chi connectivity index (χ2n) is 11.3. The van der Waals surface area contributed by atoms with Gasteiger partial charge in [-0.2, -0.15) is 0 Å². The van der Waals surface area contributed by atoms with Crippen molar-refractivity contribution < 1.29 is 19.1 Å². The number of nitrogens with zero attached hydrogens (tertiary/aromatic N) is 1. The third kappa shape index (κ3) is 10.6. The number of hydrogen-bond donors (Lipinski definition) is 2. The average Bonchev–Trinajstić information content (AvgIpc) is 2.67. The molecule has 3 amide bonds. The van der Waals surface area contributed by atoms with Gasteiger partial charge in [0, 0.05) is 12.1 Å². The second-order valence-corrected chi connectivity index (χ2v) is 11.3. The van der Waals surface area contributed by atoms with E-state index >= 15 is 0 Å². The van der Waals surface area contributed by atoms with Crippen LogP contribution < -0.4 is 10.6 Å². The third-order valence-corrected chi connectivity index (χ3v) is 4.91. The van der Waals surface area contributed by atoms with Gasteiger partial charge in [0.2, 0.25) is 11.8 Å². The Hall–Kier alpha value is -2.57. The number of carbonyl (C=O) groups is 3. The lowest BCUT2D eigenvalue weighted by Gasteiger charge is -2.36. The predicted octanol–water partition coefficient (Wildman–Crippen LogP) is 5.21. The van der Waals surface area contributed by atoms with Crippen molar-refractivity contribution in [1.29, 1.82) is 0 Å². The van der Waals surface area contributed by atoms with Gasteiger partial charge in [0.1, 0.15) is 17.7 Å². The van der Waals surface area contributed by atoms with Gasteiger partial charge in [0.15, 0.2) is 0 Å². The van der Waals surface area contributed by atoms with Gasteiger partial charge < -0.3 is 20.3 Å². The zero-order valence-electron chi connectivity index (χ0n) is 22.5. The SMILES string of the molecule is CCCCN(C(=O)C(CC(C)C)NC(=O)OC(C)(C)C)C(C(=O)NC(C)(C)C)c1ccccc1. The largest absolute Gasteiger partial charge is 0.444 e. The lowest BCUT2D eigenvalue weighted by molar-refractivity contribution is -0.143. The van der Waals surface area contributed by atoms with E-state index in [1.807, 2.05) is 71.9 Å². The van der Waals surface area contributed by atoms with Gasteiger partial charge >= 0.3 is 6.09 Å². The molecule has 0 bridgehead atoms. The van der Waals surface area contributed by atoms with E-state index in [4.69, 9.17) is 4.74 Å². The molecule has 7 heteroatoms. The Morgan fingerprint density at radius 2 is 1.59 bits per heavy atom. The third-order valence-electron chi connectivity index (χ3n) is 4.91. The molecule has 2 unspecified atom stereocenters. The maximum absolute atomic E-state index is 13.9. The monoisotopic (exact) mass is 475 g/mol. The minimum atomic E-state index is -0.811. The molecular weight excluding hydrogens is 430 g/mol. The number of carbonyl (C=O) groups excluding carboxylic acids is 3. The van der Waals surface area contributed by atoms with E-state index in [0.717, 1.165) is 18.4 Å². The van der Waals surface area contributed by atoms with Crippen LogP contribution in [0.5, 0.6) is 0 Å². The van der Waals surface area contributed by atoms with E-state index in [2.05, 4.69) is 10.6 Å². The molecule has 1 aromatic rings. The van der Waals surface area contributed by atoms with Gasteiger partial charge in [0.25, 0.3) is 0 Å². The molecule has 2 atom stereocenters. The van der Waals surface area contributed by atoms with Gasteiger partial charge in [0.05, 0.1) is 0 Å². The summed E-state index contributed by atoms with van der Waals surface area (Å²) in [6.45, 7) is 17.5. The lowest BCUT2D eigenvalue weighted by Crippen LogP contribution is -2.55. The van der Waals surface area contributed by atoms with Crippen molar-refractivity contribution in [2.75, 3.05) is 6.54 Å². The number of nitrogens with one attached hydrogen (secondary N) is 2. The molecule has 34 heavy (non-hydrogen) atoms. The first kappa shape index (κ1) is 29.5. The molecule has 0 saturated heterocycles. The van der Waals surface area contributed by atoms with Gasteiger partial charge in [-0.1, -0.05) is 57.5 Å². The summed E-state index contributed by atoms with van der Waals surface area (Å²) in [5.41, 5.74) is -0.416. The van der Waals surface area contributed by atoms with Crippen LogP contribution in [0.25, 0.3) is 0 Å². The Morgan fingerprint density at radius 1 is 1.00 bits per heavy atom. The molecular formula is C27H45N3O4. The van der Waals surface area contributed by atoms with Crippen LogP contribution in [0.15, 0.2) is 30.3 Å². The maximum Gasteiger partial charge on any atom is 0.408 e. The van der Waals surface area contributed by atoms with E-state index < -0.39 is 29.3 Å². The van der Waals surface area contributed by atoms with Crippen molar-refractivity contribution in [3.05, 3.63) is 35.9 Å². The fourth-order valence-corrected chi connectivity index (χ4v) is 3.58. The summed E-state index contributed by atoms with van der Waals surface area (Å²) >= 11 is 0. The molecule has 2 N–H and O–H groups in total. The van der Waals surface area contributed by atoms with Crippen LogP contribution in [-0.2, 0) is 14.3 Å². The summed E-state index contributed by atoms with van der Waals surface area (Å²) in [7, 11) is 0. The first-order chi connectivity index (χ1) is 15.6.